The van der Waals surface area contributed by atoms with Gasteiger partial charge in [-0.3, -0.25) is 4.79 Å². The lowest BCUT2D eigenvalue weighted by Gasteiger charge is -2.25. The van der Waals surface area contributed by atoms with Gasteiger partial charge in [-0.05, 0) is 29.7 Å². The van der Waals surface area contributed by atoms with E-state index < -0.39 is 5.89 Å². The molecule has 1 fully saturated rings. The molecule has 2 nitrogen and oxygen atoms in total. The third-order valence-corrected chi connectivity index (χ3v) is 2.54. The summed E-state index contributed by atoms with van der Waals surface area (Å²) in [6, 6.07) is 6.85. The van der Waals surface area contributed by atoms with E-state index in [9.17, 15) is 4.79 Å². The zero-order chi connectivity index (χ0) is 11.1. The third kappa shape index (κ3) is 1.51. The molecule has 1 aromatic rings. The van der Waals surface area contributed by atoms with Crippen LogP contribution < -0.4 is 0 Å². The van der Waals surface area contributed by atoms with Crippen molar-refractivity contribution in [3.05, 3.63) is 34.3 Å². The van der Waals surface area contributed by atoms with Gasteiger partial charge in [0, 0.05) is 19.2 Å². The third-order valence-electron chi connectivity index (χ3n) is 2.30. The Bertz CT molecular complexity index is 470. The molecular formula is C11H8ClNO. The summed E-state index contributed by atoms with van der Waals surface area (Å²) in [6.45, 7) is 0. The number of Topliss-reactive ketones (excluding diaryl/α,β-unsaturated/α-hetero) is 1. The van der Waals surface area contributed by atoms with E-state index >= 15 is 0 Å². The quantitative estimate of drug-likeness (QED) is 0.709. The molecule has 70 valence electrons. The van der Waals surface area contributed by atoms with Crippen LogP contribution in [-0.2, 0) is 4.79 Å². The highest BCUT2D eigenvalue weighted by Gasteiger charge is 2.29. The van der Waals surface area contributed by atoms with Gasteiger partial charge in [-0.15, -0.1) is 0 Å². The summed E-state index contributed by atoms with van der Waals surface area (Å²) in [7, 11) is 0. The number of nitrogens with zero attached hydrogens (tertiary/aromatic N) is 1. The molecule has 0 heterocycles. The van der Waals surface area contributed by atoms with Crippen molar-refractivity contribution in [2.45, 2.75) is 18.7 Å². The number of nitriles is 1. The van der Waals surface area contributed by atoms with E-state index in [4.69, 9.17) is 18.2 Å². The summed E-state index contributed by atoms with van der Waals surface area (Å²) in [6.07, 6.45) is 0.365. The predicted octanol–water partition coefficient (Wildman–Crippen LogP) is 2.66. The molecule has 3 heteroatoms. The smallest absolute Gasteiger partial charge is 0.134 e. The van der Waals surface area contributed by atoms with Crippen molar-refractivity contribution in [3.63, 3.8) is 0 Å². The first-order valence-corrected chi connectivity index (χ1v) is 4.65. The van der Waals surface area contributed by atoms with Crippen molar-refractivity contribution < 1.29 is 6.17 Å². The van der Waals surface area contributed by atoms with Crippen molar-refractivity contribution in [2.75, 3.05) is 0 Å². The maximum atomic E-state index is 10.9. The van der Waals surface area contributed by atoms with Crippen LogP contribution >= 0.6 is 11.6 Å². The maximum Gasteiger partial charge on any atom is 0.134 e. The molecule has 0 atom stereocenters. The molecule has 0 radical (unpaired) electrons. The lowest BCUT2D eigenvalue weighted by Crippen LogP contribution is -2.21. The molecule has 0 saturated heterocycles. The summed E-state index contributed by atoms with van der Waals surface area (Å²) in [4.78, 5) is 10.9. The molecule has 1 aliphatic carbocycles. The van der Waals surface area contributed by atoms with Gasteiger partial charge in [0.05, 0.1) is 11.6 Å². The zero-order valence-electron chi connectivity index (χ0n) is 8.38. The molecule has 0 bridgehead atoms. The molecule has 0 amide bonds. The normalized spacial score (nSPS) is 19.4. The van der Waals surface area contributed by atoms with Crippen LogP contribution in [0.3, 0.4) is 0 Å². The lowest BCUT2D eigenvalue weighted by molar-refractivity contribution is -0.124. The van der Waals surface area contributed by atoms with E-state index in [0.717, 1.165) is 0 Å². The van der Waals surface area contributed by atoms with E-state index in [1.54, 1.807) is 18.2 Å². The van der Waals surface area contributed by atoms with Gasteiger partial charge in [0.25, 0.3) is 0 Å². The Hall–Kier alpha value is -1.33. The van der Waals surface area contributed by atoms with E-state index in [2.05, 4.69) is 0 Å². The fourth-order valence-corrected chi connectivity index (χ4v) is 1.69. The van der Waals surface area contributed by atoms with Crippen molar-refractivity contribution in [1.29, 1.82) is 5.26 Å². The number of carbonyl (C=O) groups excluding carboxylic acids is 1. The minimum absolute atomic E-state index is 0.0638. The summed E-state index contributed by atoms with van der Waals surface area (Å²) < 4.78 is 8.04. The summed E-state index contributed by atoms with van der Waals surface area (Å²) >= 11 is 5.82. The highest BCUT2D eigenvalue weighted by Crippen LogP contribution is 2.36. The van der Waals surface area contributed by atoms with Crippen LogP contribution in [0.4, 0.5) is 0 Å². The number of halogens is 1. The first kappa shape index (κ1) is 8.02. The molecule has 14 heavy (non-hydrogen) atoms. The van der Waals surface area contributed by atoms with Gasteiger partial charge < -0.3 is 0 Å². The van der Waals surface area contributed by atoms with Gasteiger partial charge in [0.15, 0.2) is 0 Å². The monoisotopic (exact) mass is 206 g/mol. The minimum Gasteiger partial charge on any atom is -0.300 e. The SMILES string of the molecule is [2H]C1(c2cc(Cl)ccc2C#N)CC(=O)C1. The van der Waals surface area contributed by atoms with Gasteiger partial charge in [0.2, 0.25) is 0 Å². The van der Waals surface area contributed by atoms with Crippen molar-refractivity contribution in [3.8, 4) is 6.07 Å². The van der Waals surface area contributed by atoms with Gasteiger partial charge in [-0.1, -0.05) is 11.6 Å². The number of hydrogen-bond donors (Lipinski definition) is 0. The summed E-state index contributed by atoms with van der Waals surface area (Å²) in [5.74, 6) is -0.874. The number of carbonyl (C=O) groups is 1. The average molecular weight is 207 g/mol. The Morgan fingerprint density at radius 3 is 2.86 bits per heavy atom. The Kier molecular flexibility index (Phi) is 1.97. The summed E-state index contributed by atoms with van der Waals surface area (Å²) in [5.41, 5.74) is 0.999. The molecule has 0 unspecified atom stereocenters. The van der Waals surface area contributed by atoms with Crippen LogP contribution in [0.2, 0.25) is 5.02 Å². The van der Waals surface area contributed by atoms with Crippen LogP contribution in [0.5, 0.6) is 0 Å². The molecular weight excluding hydrogens is 198 g/mol. The molecule has 2 rings (SSSR count). The fourth-order valence-electron chi connectivity index (χ4n) is 1.52. The molecule has 0 N–H and O–H groups in total. The Morgan fingerprint density at radius 2 is 2.29 bits per heavy atom. The van der Waals surface area contributed by atoms with Gasteiger partial charge in [-0.25, -0.2) is 0 Å². The second-order valence-corrected chi connectivity index (χ2v) is 3.73. The fraction of sp³-hybridized carbons (Fsp3) is 0.273. The van der Waals surface area contributed by atoms with Crippen LogP contribution in [0.1, 0.15) is 31.2 Å². The minimum atomic E-state index is -0.937. The van der Waals surface area contributed by atoms with E-state index in [0.29, 0.717) is 16.1 Å². The van der Waals surface area contributed by atoms with Crippen LogP contribution in [0.15, 0.2) is 18.2 Å². The predicted molar refractivity (Wildman–Crippen MR) is 53.1 cm³/mol. The zero-order valence-corrected chi connectivity index (χ0v) is 8.14. The molecule has 1 saturated carbocycles. The van der Waals surface area contributed by atoms with Crippen LogP contribution in [-0.4, -0.2) is 5.78 Å². The average Bonchev–Trinajstić information content (AvgIpc) is 2.15. The number of hydrogen-bond acceptors (Lipinski definition) is 2. The summed E-state index contributed by atoms with van der Waals surface area (Å²) in [5, 5.41) is 9.39. The Labute approximate surface area is 88.5 Å². The topological polar surface area (TPSA) is 40.9 Å². The maximum absolute atomic E-state index is 10.9. The largest absolute Gasteiger partial charge is 0.300 e. The van der Waals surface area contributed by atoms with Gasteiger partial charge in [0.1, 0.15) is 5.78 Å². The number of ketones is 1. The van der Waals surface area contributed by atoms with E-state index in [1.165, 1.54) is 0 Å². The first-order chi connectivity index (χ1) is 7.05. The second-order valence-electron chi connectivity index (χ2n) is 3.30. The second kappa shape index (κ2) is 3.43. The van der Waals surface area contributed by atoms with Gasteiger partial charge >= 0.3 is 0 Å². The first-order valence-electron chi connectivity index (χ1n) is 4.77. The van der Waals surface area contributed by atoms with E-state index in [-0.39, 0.29) is 18.6 Å². The lowest BCUT2D eigenvalue weighted by atomic mass is 9.77. The number of rotatable bonds is 1. The molecule has 0 aliphatic heterocycles. The highest BCUT2D eigenvalue weighted by molar-refractivity contribution is 6.30. The number of benzene rings is 1. The molecule has 1 aromatic carbocycles. The molecule has 0 spiro atoms. The molecule has 0 aromatic heterocycles. The van der Waals surface area contributed by atoms with Crippen molar-refractivity contribution in [1.82, 2.24) is 0 Å². The van der Waals surface area contributed by atoms with Gasteiger partial charge in [-0.2, -0.15) is 5.26 Å². The Balaban J connectivity index is 2.48. The van der Waals surface area contributed by atoms with E-state index in [1.807, 2.05) is 6.07 Å². The molecule has 1 aliphatic rings. The highest BCUT2D eigenvalue weighted by atomic mass is 35.5. The Morgan fingerprint density at radius 1 is 1.57 bits per heavy atom. The van der Waals surface area contributed by atoms with Crippen molar-refractivity contribution in [2.24, 2.45) is 0 Å². The van der Waals surface area contributed by atoms with Crippen molar-refractivity contribution >= 4 is 17.4 Å². The van der Waals surface area contributed by atoms with Crippen LogP contribution in [0, 0.1) is 11.3 Å². The standard InChI is InChI=1S/C11H8ClNO/c12-9-2-1-7(6-13)11(5-9)8-3-10(14)4-8/h1-2,5,8H,3-4H2/i8D. The van der Waals surface area contributed by atoms with Crippen LogP contribution in [0.25, 0.3) is 0 Å².